The molecule has 0 saturated carbocycles. The van der Waals surface area contributed by atoms with Gasteiger partial charge in [0.2, 0.25) is 0 Å². The molecule has 3 heteroatoms. The van der Waals surface area contributed by atoms with E-state index in [9.17, 15) is 0 Å². The van der Waals surface area contributed by atoms with E-state index in [4.69, 9.17) is 10.5 Å². The molecule has 0 spiro atoms. The second kappa shape index (κ2) is 6.75. The van der Waals surface area contributed by atoms with E-state index >= 15 is 0 Å². The van der Waals surface area contributed by atoms with Gasteiger partial charge < -0.3 is 10.5 Å². The molecule has 0 heterocycles. The largest absolute Gasteiger partial charge is 0.494 e. The van der Waals surface area contributed by atoms with E-state index in [1.165, 1.54) is 5.56 Å². The fourth-order valence-electron chi connectivity index (χ4n) is 1.16. The maximum absolute atomic E-state index is 5.56. The first-order valence-corrected chi connectivity index (χ1v) is 6.34. The summed E-state index contributed by atoms with van der Waals surface area (Å²) in [5.74, 6) is 1.96. The van der Waals surface area contributed by atoms with Crippen LogP contribution in [0.1, 0.15) is 19.4 Å². The lowest BCUT2D eigenvalue weighted by molar-refractivity contribution is 0.340. The average molecular weight is 225 g/mol. The number of hydrogen-bond donors (Lipinski definition) is 1. The van der Waals surface area contributed by atoms with Crippen LogP contribution in [-0.4, -0.2) is 18.4 Å². The van der Waals surface area contributed by atoms with Crippen LogP contribution in [0.2, 0.25) is 0 Å². The lowest BCUT2D eigenvalue weighted by Gasteiger charge is -2.08. The summed E-state index contributed by atoms with van der Waals surface area (Å²) in [6.07, 6.45) is 0. The van der Waals surface area contributed by atoms with E-state index in [1.54, 1.807) is 0 Å². The van der Waals surface area contributed by atoms with Gasteiger partial charge in [0.15, 0.2) is 0 Å². The third kappa shape index (κ3) is 4.58. The number of thioether (sulfide) groups is 1. The Labute approximate surface area is 96.2 Å². The smallest absolute Gasteiger partial charge is 0.119 e. The van der Waals surface area contributed by atoms with Gasteiger partial charge in [-0.25, -0.2) is 0 Å². The molecule has 0 aromatic heterocycles. The molecule has 0 bridgehead atoms. The fraction of sp³-hybridized carbons (Fsp3) is 0.500. The maximum Gasteiger partial charge on any atom is 0.119 e. The minimum absolute atomic E-state index is 0.525. The predicted octanol–water partition coefficient (Wildman–Crippen LogP) is 2.67. The van der Waals surface area contributed by atoms with Crippen molar-refractivity contribution in [2.45, 2.75) is 24.9 Å². The number of nitrogens with two attached hydrogens (primary N) is 1. The van der Waals surface area contributed by atoms with Crippen molar-refractivity contribution in [3.63, 3.8) is 0 Å². The number of rotatable bonds is 6. The Kier molecular flexibility index (Phi) is 5.58. The van der Waals surface area contributed by atoms with E-state index in [1.807, 2.05) is 30.8 Å². The highest BCUT2D eigenvalue weighted by atomic mass is 32.2. The Balaban J connectivity index is 2.42. The summed E-state index contributed by atoms with van der Waals surface area (Å²) in [4.78, 5) is 0. The molecule has 0 aliphatic carbocycles. The molecule has 1 atom stereocenters. The van der Waals surface area contributed by atoms with Crippen LogP contribution in [0.4, 0.5) is 0 Å². The Bertz CT molecular complexity index is 273. The molecule has 2 nitrogen and oxygen atoms in total. The molecule has 2 N–H and O–H groups in total. The zero-order valence-electron chi connectivity index (χ0n) is 9.40. The quantitative estimate of drug-likeness (QED) is 0.808. The van der Waals surface area contributed by atoms with Crippen LogP contribution in [0.3, 0.4) is 0 Å². The Hall–Kier alpha value is -0.670. The SMILES string of the molecule is CCOc1ccc(CSC(C)CN)cc1. The van der Waals surface area contributed by atoms with Gasteiger partial charge in [0.25, 0.3) is 0 Å². The minimum Gasteiger partial charge on any atom is -0.494 e. The molecular weight excluding hydrogens is 206 g/mol. The van der Waals surface area contributed by atoms with Gasteiger partial charge in [0.1, 0.15) is 5.75 Å². The molecule has 0 saturated heterocycles. The van der Waals surface area contributed by atoms with Gasteiger partial charge >= 0.3 is 0 Å². The van der Waals surface area contributed by atoms with E-state index in [0.29, 0.717) is 5.25 Å². The summed E-state index contributed by atoms with van der Waals surface area (Å²) in [6, 6.07) is 8.27. The molecule has 0 aliphatic rings. The van der Waals surface area contributed by atoms with Crippen LogP contribution in [-0.2, 0) is 5.75 Å². The third-order valence-electron chi connectivity index (χ3n) is 2.10. The van der Waals surface area contributed by atoms with Gasteiger partial charge in [-0.15, -0.1) is 0 Å². The fourth-order valence-corrected chi connectivity index (χ4v) is 1.96. The van der Waals surface area contributed by atoms with Gasteiger partial charge in [0.05, 0.1) is 6.61 Å². The highest BCUT2D eigenvalue weighted by molar-refractivity contribution is 7.99. The molecule has 1 unspecified atom stereocenters. The summed E-state index contributed by atoms with van der Waals surface area (Å²) < 4.78 is 5.38. The van der Waals surface area contributed by atoms with Crippen molar-refractivity contribution < 1.29 is 4.74 Å². The second-order valence-electron chi connectivity index (χ2n) is 3.43. The molecule has 1 aromatic rings. The van der Waals surface area contributed by atoms with Crippen molar-refractivity contribution in [3.8, 4) is 5.75 Å². The van der Waals surface area contributed by atoms with E-state index in [-0.39, 0.29) is 0 Å². The van der Waals surface area contributed by atoms with Crippen LogP contribution in [0.15, 0.2) is 24.3 Å². The van der Waals surface area contributed by atoms with E-state index in [0.717, 1.165) is 24.7 Å². The first-order valence-electron chi connectivity index (χ1n) is 5.29. The van der Waals surface area contributed by atoms with Crippen molar-refractivity contribution in [1.29, 1.82) is 0 Å². The summed E-state index contributed by atoms with van der Waals surface area (Å²) in [6.45, 7) is 5.60. The Morgan fingerprint density at radius 1 is 1.33 bits per heavy atom. The second-order valence-corrected chi connectivity index (χ2v) is 4.86. The molecule has 0 radical (unpaired) electrons. The summed E-state index contributed by atoms with van der Waals surface area (Å²) >= 11 is 1.88. The zero-order valence-corrected chi connectivity index (χ0v) is 10.2. The summed E-state index contributed by atoms with van der Waals surface area (Å²) in [5, 5.41) is 0.525. The molecule has 15 heavy (non-hydrogen) atoms. The Morgan fingerprint density at radius 3 is 2.53 bits per heavy atom. The molecular formula is C12H19NOS. The topological polar surface area (TPSA) is 35.2 Å². The molecule has 0 amide bonds. The highest BCUT2D eigenvalue weighted by Crippen LogP contribution is 2.19. The molecule has 84 valence electrons. The van der Waals surface area contributed by atoms with Crippen LogP contribution >= 0.6 is 11.8 Å². The Morgan fingerprint density at radius 2 is 2.00 bits per heavy atom. The van der Waals surface area contributed by atoms with Crippen molar-refractivity contribution in [2.24, 2.45) is 5.73 Å². The van der Waals surface area contributed by atoms with Crippen LogP contribution in [0.25, 0.3) is 0 Å². The lowest BCUT2D eigenvalue weighted by Crippen LogP contribution is -2.12. The van der Waals surface area contributed by atoms with Crippen LogP contribution in [0.5, 0.6) is 5.75 Å². The average Bonchev–Trinajstić information content (AvgIpc) is 2.28. The van der Waals surface area contributed by atoms with Crippen molar-refractivity contribution in [1.82, 2.24) is 0 Å². The third-order valence-corrected chi connectivity index (χ3v) is 3.36. The number of benzene rings is 1. The van der Waals surface area contributed by atoms with Crippen LogP contribution < -0.4 is 10.5 Å². The molecule has 1 aromatic carbocycles. The van der Waals surface area contributed by atoms with Crippen molar-refractivity contribution >= 4 is 11.8 Å². The van der Waals surface area contributed by atoms with Crippen molar-refractivity contribution in [3.05, 3.63) is 29.8 Å². The minimum atomic E-state index is 0.525. The van der Waals surface area contributed by atoms with Gasteiger partial charge in [-0.1, -0.05) is 19.1 Å². The first-order chi connectivity index (χ1) is 7.26. The van der Waals surface area contributed by atoms with Gasteiger partial charge in [-0.05, 0) is 24.6 Å². The number of hydrogen-bond acceptors (Lipinski definition) is 3. The lowest BCUT2D eigenvalue weighted by atomic mass is 10.2. The van der Waals surface area contributed by atoms with Crippen molar-refractivity contribution in [2.75, 3.05) is 13.2 Å². The molecule has 0 fully saturated rings. The van der Waals surface area contributed by atoms with E-state index in [2.05, 4.69) is 19.1 Å². The van der Waals surface area contributed by atoms with Crippen LogP contribution in [0, 0.1) is 0 Å². The summed E-state index contributed by atoms with van der Waals surface area (Å²) in [5.41, 5.74) is 6.88. The molecule has 0 aliphatic heterocycles. The normalized spacial score (nSPS) is 12.5. The standard InChI is InChI=1S/C12H19NOS/c1-3-14-12-6-4-11(5-7-12)9-15-10(2)8-13/h4-7,10H,3,8-9,13H2,1-2H3. The van der Waals surface area contributed by atoms with Gasteiger partial charge in [0, 0.05) is 17.5 Å². The van der Waals surface area contributed by atoms with E-state index < -0.39 is 0 Å². The maximum atomic E-state index is 5.56. The highest BCUT2D eigenvalue weighted by Gasteiger charge is 2.00. The summed E-state index contributed by atoms with van der Waals surface area (Å²) in [7, 11) is 0. The number of ether oxygens (including phenoxy) is 1. The monoisotopic (exact) mass is 225 g/mol. The zero-order chi connectivity index (χ0) is 11.1. The molecule has 1 rings (SSSR count). The first kappa shape index (κ1) is 12.4. The predicted molar refractivity (Wildman–Crippen MR) is 67.4 cm³/mol. The van der Waals surface area contributed by atoms with Gasteiger partial charge in [-0.2, -0.15) is 11.8 Å². The van der Waals surface area contributed by atoms with Gasteiger partial charge in [-0.3, -0.25) is 0 Å².